The maximum Gasteiger partial charge on any atom is 0.328 e. The largest absolute Gasteiger partial charge is 0.467 e. The van der Waals surface area contributed by atoms with Crippen LogP contribution in [0, 0.1) is 6.92 Å². The van der Waals surface area contributed by atoms with Crippen molar-refractivity contribution < 1.29 is 14.3 Å². The maximum absolute atomic E-state index is 12.7. The zero-order valence-electron chi connectivity index (χ0n) is 16.0. The van der Waals surface area contributed by atoms with Crippen LogP contribution in [0.4, 0.5) is 0 Å². The molecule has 0 radical (unpaired) electrons. The Morgan fingerprint density at radius 3 is 2.11 bits per heavy atom. The zero-order valence-corrected chi connectivity index (χ0v) is 16.0. The topological polar surface area (TPSA) is 55.4 Å². The molecule has 0 aliphatic carbocycles. The number of carbonyl (C=O) groups is 2. The van der Waals surface area contributed by atoms with Gasteiger partial charge in [0.15, 0.2) is 0 Å². The lowest BCUT2D eigenvalue weighted by molar-refractivity contribution is -0.142. The first-order chi connectivity index (χ1) is 13.6. The van der Waals surface area contributed by atoms with Gasteiger partial charge in [0.1, 0.15) is 6.04 Å². The predicted octanol–water partition coefficient (Wildman–Crippen LogP) is 4.18. The van der Waals surface area contributed by atoms with E-state index in [4.69, 9.17) is 4.74 Å². The van der Waals surface area contributed by atoms with Crippen LogP contribution in [0.5, 0.6) is 0 Å². The number of ether oxygens (including phenoxy) is 1. The second kappa shape index (κ2) is 9.00. The molecule has 0 heterocycles. The molecule has 0 bridgehead atoms. The Morgan fingerprint density at radius 2 is 1.46 bits per heavy atom. The highest BCUT2D eigenvalue weighted by Crippen LogP contribution is 2.19. The van der Waals surface area contributed by atoms with Gasteiger partial charge in [0, 0.05) is 12.0 Å². The van der Waals surface area contributed by atoms with Gasteiger partial charge in [-0.25, -0.2) is 4.79 Å². The fraction of sp³-hybridized carbons (Fsp3) is 0.167. The van der Waals surface area contributed by atoms with Gasteiger partial charge in [0.05, 0.1) is 7.11 Å². The molecule has 28 heavy (non-hydrogen) atoms. The molecule has 1 amide bonds. The number of amides is 1. The maximum atomic E-state index is 12.7. The average molecular weight is 373 g/mol. The molecule has 1 atom stereocenters. The monoisotopic (exact) mass is 373 g/mol. The fourth-order valence-corrected chi connectivity index (χ4v) is 3.08. The van der Waals surface area contributed by atoms with E-state index in [1.807, 2.05) is 73.7 Å². The van der Waals surface area contributed by atoms with Crippen molar-refractivity contribution in [3.63, 3.8) is 0 Å². The zero-order chi connectivity index (χ0) is 19.9. The molecule has 1 N–H and O–H groups in total. The summed E-state index contributed by atoms with van der Waals surface area (Å²) in [5.41, 5.74) is 4.68. The Hall–Kier alpha value is -3.40. The van der Waals surface area contributed by atoms with Crippen LogP contribution in [0.1, 0.15) is 21.5 Å². The molecule has 3 aromatic carbocycles. The highest BCUT2D eigenvalue weighted by atomic mass is 16.5. The molecule has 142 valence electrons. The number of hydrogen-bond donors (Lipinski definition) is 1. The number of rotatable bonds is 6. The van der Waals surface area contributed by atoms with Crippen molar-refractivity contribution in [1.82, 2.24) is 5.32 Å². The van der Waals surface area contributed by atoms with Crippen LogP contribution >= 0.6 is 0 Å². The Balaban J connectivity index is 1.74. The lowest BCUT2D eigenvalue weighted by Crippen LogP contribution is -2.43. The van der Waals surface area contributed by atoms with Gasteiger partial charge in [0.25, 0.3) is 5.91 Å². The summed E-state index contributed by atoms with van der Waals surface area (Å²) in [4.78, 5) is 24.9. The number of hydrogen-bond acceptors (Lipinski definition) is 3. The third-order valence-electron chi connectivity index (χ3n) is 4.73. The third-order valence-corrected chi connectivity index (χ3v) is 4.73. The van der Waals surface area contributed by atoms with E-state index in [1.165, 1.54) is 7.11 Å². The first-order valence-electron chi connectivity index (χ1n) is 9.17. The quantitative estimate of drug-likeness (QED) is 0.660. The van der Waals surface area contributed by atoms with Crippen LogP contribution in [0.3, 0.4) is 0 Å². The van der Waals surface area contributed by atoms with E-state index < -0.39 is 12.0 Å². The number of carbonyl (C=O) groups excluding carboxylic acids is 2. The second-order valence-corrected chi connectivity index (χ2v) is 6.62. The molecule has 0 aliphatic rings. The second-order valence-electron chi connectivity index (χ2n) is 6.62. The third kappa shape index (κ3) is 4.65. The van der Waals surface area contributed by atoms with Gasteiger partial charge in [-0.1, -0.05) is 66.7 Å². The van der Waals surface area contributed by atoms with Gasteiger partial charge in [-0.2, -0.15) is 0 Å². The Labute approximate surface area is 165 Å². The van der Waals surface area contributed by atoms with Crippen LogP contribution < -0.4 is 5.32 Å². The molecule has 3 rings (SSSR count). The highest BCUT2D eigenvalue weighted by Gasteiger charge is 2.23. The van der Waals surface area contributed by atoms with Crippen molar-refractivity contribution in [2.75, 3.05) is 7.11 Å². The summed E-state index contributed by atoms with van der Waals surface area (Å²) < 4.78 is 4.88. The van der Waals surface area contributed by atoms with E-state index in [9.17, 15) is 9.59 Å². The van der Waals surface area contributed by atoms with Crippen molar-refractivity contribution in [2.24, 2.45) is 0 Å². The molecule has 0 aromatic heterocycles. The molecule has 0 aliphatic heterocycles. The van der Waals surface area contributed by atoms with Crippen molar-refractivity contribution in [1.29, 1.82) is 0 Å². The van der Waals surface area contributed by atoms with Crippen LogP contribution in [0.15, 0.2) is 78.9 Å². The van der Waals surface area contributed by atoms with Gasteiger partial charge >= 0.3 is 5.97 Å². The Kier molecular flexibility index (Phi) is 6.22. The minimum atomic E-state index is -0.743. The molecule has 0 saturated heterocycles. The SMILES string of the molecule is COC(=O)[C@@H](Cc1ccccc1C)NC(=O)c1ccc(-c2ccccc2)cc1. The predicted molar refractivity (Wildman–Crippen MR) is 110 cm³/mol. The number of aryl methyl sites for hydroxylation is 1. The van der Waals surface area contributed by atoms with Gasteiger partial charge in [-0.05, 0) is 41.3 Å². The summed E-state index contributed by atoms with van der Waals surface area (Å²) in [5, 5.41) is 2.81. The van der Waals surface area contributed by atoms with Crippen LogP contribution in [-0.4, -0.2) is 25.0 Å². The lowest BCUT2D eigenvalue weighted by atomic mass is 10.0. The minimum absolute atomic E-state index is 0.302. The van der Waals surface area contributed by atoms with E-state index in [2.05, 4.69) is 5.32 Å². The van der Waals surface area contributed by atoms with Crippen molar-refractivity contribution in [3.05, 3.63) is 95.6 Å². The van der Waals surface area contributed by atoms with Gasteiger partial charge in [0.2, 0.25) is 0 Å². The van der Waals surface area contributed by atoms with Crippen LogP contribution in [0.2, 0.25) is 0 Å². The Bertz CT molecular complexity index is 949. The van der Waals surface area contributed by atoms with E-state index >= 15 is 0 Å². The number of nitrogens with one attached hydrogen (secondary N) is 1. The summed E-state index contributed by atoms with van der Waals surface area (Å²) in [6.45, 7) is 1.98. The first-order valence-corrected chi connectivity index (χ1v) is 9.17. The van der Waals surface area contributed by atoms with Crippen LogP contribution in [-0.2, 0) is 16.0 Å². The highest BCUT2D eigenvalue weighted by molar-refractivity contribution is 5.97. The average Bonchev–Trinajstić information content (AvgIpc) is 2.75. The fourth-order valence-electron chi connectivity index (χ4n) is 3.08. The Morgan fingerprint density at radius 1 is 0.857 bits per heavy atom. The molecule has 0 spiro atoms. The van der Waals surface area contributed by atoms with Crippen molar-refractivity contribution >= 4 is 11.9 Å². The normalized spacial score (nSPS) is 11.5. The molecular weight excluding hydrogens is 350 g/mol. The number of esters is 1. The van der Waals surface area contributed by atoms with E-state index in [-0.39, 0.29) is 5.91 Å². The van der Waals surface area contributed by atoms with E-state index in [0.717, 1.165) is 22.3 Å². The summed E-state index contributed by atoms with van der Waals surface area (Å²) in [6, 6.07) is 24.3. The summed E-state index contributed by atoms with van der Waals surface area (Å²) in [5.74, 6) is -0.763. The smallest absolute Gasteiger partial charge is 0.328 e. The van der Waals surface area contributed by atoms with E-state index in [0.29, 0.717) is 12.0 Å². The molecule has 4 nitrogen and oxygen atoms in total. The molecule has 0 fully saturated rings. The first kappa shape index (κ1) is 19.4. The van der Waals surface area contributed by atoms with Gasteiger partial charge in [-0.3, -0.25) is 4.79 Å². The molecule has 0 saturated carbocycles. The molecule has 0 unspecified atom stereocenters. The molecular formula is C24H23NO3. The number of methoxy groups -OCH3 is 1. The molecule has 4 heteroatoms. The van der Waals surface area contributed by atoms with Crippen molar-refractivity contribution in [2.45, 2.75) is 19.4 Å². The van der Waals surface area contributed by atoms with Gasteiger partial charge < -0.3 is 10.1 Å². The lowest BCUT2D eigenvalue weighted by Gasteiger charge is -2.18. The van der Waals surface area contributed by atoms with Gasteiger partial charge in [-0.15, -0.1) is 0 Å². The van der Waals surface area contributed by atoms with Crippen molar-refractivity contribution in [3.8, 4) is 11.1 Å². The van der Waals surface area contributed by atoms with E-state index in [1.54, 1.807) is 12.1 Å². The summed E-state index contributed by atoms with van der Waals surface area (Å²) in [7, 11) is 1.33. The number of benzene rings is 3. The minimum Gasteiger partial charge on any atom is -0.467 e. The summed E-state index contributed by atoms with van der Waals surface area (Å²) >= 11 is 0. The standard InChI is InChI=1S/C24H23NO3/c1-17-8-6-7-11-21(17)16-22(24(27)28-2)25-23(26)20-14-12-19(13-15-20)18-9-4-3-5-10-18/h3-15,22H,16H2,1-2H3,(H,25,26)/t22-/m1/s1. The summed E-state index contributed by atoms with van der Waals surface area (Å²) in [6.07, 6.45) is 0.382. The van der Waals surface area contributed by atoms with Crippen LogP contribution in [0.25, 0.3) is 11.1 Å². The molecule has 3 aromatic rings.